The number of benzene rings is 1. The summed E-state index contributed by atoms with van der Waals surface area (Å²) in [5.41, 5.74) is 1.53. The normalized spacial score (nSPS) is 13.8. The quantitative estimate of drug-likeness (QED) is 0.436. The van der Waals surface area contributed by atoms with Crippen LogP contribution in [-0.2, 0) is 31.7 Å². The maximum atomic E-state index is 13.3. The molecule has 0 aliphatic heterocycles. The van der Waals surface area contributed by atoms with E-state index < -0.39 is 21.3 Å². The molecule has 0 fully saturated rings. The van der Waals surface area contributed by atoms with Gasteiger partial charge in [-0.05, 0) is 40.2 Å². The van der Waals surface area contributed by atoms with Gasteiger partial charge in [0.2, 0.25) is 0 Å². The summed E-state index contributed by atoms with van der Waals surface area (Å²) >= 11 is 0. The van der Waals surface area contributed by atoms with Crippen molar-refractivity contribution in [3.8, 4) is 0 Å². The van der Waals surface area contributed by atoms with Crippen LogP contribution in [0.3, 0.4) is 0 Å². The summed E-state index contributed by atoms with van der Waals surface area (Å²) in [4.78, 5) is 0. The fourth-order valence-electron chi connectivity index (χ4n) is 2.10. The Morgan fingerprint density at radius 2 is 1.24 bits per heavy atom. The molecule has 0 amide bonds. The lowest BCUT2D eigenvalue weighted by Gasteiger charge is -2.29. The smallest absolute Gasteiger partial charge is 0.307 e. The highest BCUT2D eigenvalue weighted by Gasteiger charge is 2.44. The van der Waals surface area contributed by atoms with Crippen molar-refractivity contribution < 1.29 is 31.7 Å². The second-order valence-electron chi connectivity index (χ2n) is 5.03. The Kier molecular flexibility index (Phi) is 9.54. The van der Waals surface area contributed by atoms with E-state index in [0.29, 0.717) is 5.56 Å². The molecule has 0 N–H and O–H groups in total. The Morgan fingerprint density at radius 1 is 0.800 bits per heavy atom. The van der Waals surface area contributed by atoms with Crippen molar-refractivity contribution in [1.82, 2.24) is 0 Å². The predicted octanol–water partition coefficient (Wildman–Crippen LogP) is 5.46. The van der Waals surface area contributed by atoms with E-state index in [-0.39, 0.29) is 26.4 Å². The number of phosphoric acid groups is 1. The van der Waals surface area contributed by atoms with Crippen LogP contribution in [0.5, 0.6) is 0 Å². The van der Waals surface area contributed by atoms with Gasteiger partial charge in [0.05, 0.1) is 26.4 Å². The lowest BCUT2D eigenvalue weighted by molar-refractivity contribution is 0.0893. The van der Waals surface area contributed by atoms with Gasteiger partial charge < -0.3 is 9.05 Å². The summed E-state index contributed by atoms with van der Waals surface area (Å²) in [5.74, 6) is -1.23. The van der Waals surface area contributed by atoms with Crippen molar-refractivity contribution in [3.05, 3.63) is 35.4 Å². The van der Waals surface area contributed by atoms with Gasteiger partial charge >= 0.3 is 15.4 Å². The van der Waals surface area contributed by atoms with Crippen LogP contribution in [0.4, 0.5) is 0 Å². The minimum Gasteiger partial charge on any atom is -0.307 e. The van der Waals surface area contributed by atoms with Crippen LogP contribution in [0.1, 0.15) is 44.7 Å². The molecule has 0 saturated heterocycles. The van der Waals surface area contributed by atoms with Gasteiger partial charge in [-0.25, -0.2) is 4.57 Å². The summed E-state index contributed by atoms with van der Waals surface area (Å²) in [7, 11) is -7.69. The number of hydrogen-bond donors (Lipinski definition) is 0. The van der Waals surface area contributed by atoms with Crippen molar-refractivity contribution in [1.29, 1.82) is 0 Å². The Balaban J connectivity index is 3.33. The molecule has 0 saturated carbocycles. The molecule has 1 rings (SSSR count). The molecule has 1 aromatic carbocycles. The number of rotatable bonds is 12. The molecule has 1 atom stereocenters. The molecular weight excluding hydrogens is 366 g/mol. The average molecular weight is 394 g/mol. The van der Waals surface area contributed by atoms with E-state index in [1.54, 1.807) is 39.8 Å². The van der Waals surface area contributed by atoms with Gasteiger partial charge in [-0.2, -0.15) is 0 Å². The molecule has 7 nitrogen and oxygen atoms in total. The Bertz CT molecular complexity index is 583. The molecule has 9 heteroatoms. The number of hydrogen-bond acceptors (Lipinski definition) is 7. The predicted molar refractivity (Wildman–Crippen MR) is 96.7 cm³/mol. The van der Waals surface area contributed by atoms with Gasteiger partial charge in [0.25, 0.3) is 0 Å². The Labute approximate surface area is 150 Å². The molecule has 25 heavy (non-hydrogen) atoms. The van der Waals surface area contributed by atoms with Crippen LogP contribution in [0.2, 0.25) is 0 Å². The molecule has 0 aliphatic rings. The van der Waals surface area contributed by atoms with Crippen molar-refractivity contribution in [3.63, 3.8) is 0 Å². The maximum absolute atomic E-state index is 13.3. The van der Waals surface area contributed by atoms with E-state index in [1.165, 1.54) is 0 Å². The summed E-state index contributed by atoms with van der Waals surface area (Å²) < 4.78 is 52.9. The van der Waals surface area contributed by atoms with Crippen LogP contribution in [-0.4, -0.2) is 26.4 Å². The van der Waals surface area contributed by atoms with Crippen LogP contribution in [0.25, 0.3) is 0 Å². The van der Waals surface area contributed by atoms with E-state index in [1.807, 2.05) is 19.1 Å². The first kappa shape index (κ1) is 22.5. The topological polar surface area (TPSA) is 80.3 Å². The summed E-state index contributed by atoms with van der Waals surface area (Å²) in [6.45, 7) is 9.19. The molecular formula is C16H28O7P2. The standard InChI is InChI=1S/C16H28O7P2/c1-6-19-24(17,20-7-2)16(15-12-10-14(5)11-13-15)23-25(18,21-8-3)22-9-4/h10-13,16H,6-9H2,1-5H3. The minimum atomic E-state index is -3.93. The highest BCUT2D eigenvalue weighted by molar-refractivity contribution is 7.55. The number of phosphoric ester groups is 1. The zero-order chi connectivity index (χ0) is 18.9. The van der Waals surface area contributed by atoms with E-state index in [9.17, 15) is 9.13 Å². The zero-order valence-electron chi connectivity index (χ0n) is 15.5. The zero-order valence-corrected chi connectivity index (χ0v) is 17.3. The first-order chi connectivity index (χ1) is 11.8. The van der Waals surface area contributed by atoms with Gasteiger partial charge in [-0.1, -0.05) is 29.8 Å². The second-order valence-corrected chi connectivity index (χ2v) is 8.71. The third-order valence-corrected chi connectivity index (χ3v) is 7.07. The first-order valence-corrected chi connectivity index (χ1v) is 11.4. The molecule has 0 heterocycles. The second kappa shape index (κ2) is 10.6. The fourth-order valence-corrected chi connectivity index (χ4v) is 5.71. The lowest BCUT2D eigenvalue weighted by atomic mass is 10.2. The van der Waals surface area contributed by atoms with Crippen molar-refractivity contribution in [2.45, 2.75) is 40.5 Å². The average Bonchev–Trinajstić information content (AvgIpc) is 2.54. The SMILES string of the molecule is CCOP(=O)(OCC)OC(c1ccc(C)cc1)P(=O)(OCC)OCC. The molecule has 0 aromatic heterocycles. The highest BCUT2D eigenvalue weighted by Crippen LogP contribution is 2.67. The van der Waals surface area contributed by atoms with E-state index >= 15 is 0 Å². The molecule has 0 bridgehead atoms. The monoisotopic (exact) mass is 394 g/mol. The van der Waals surface area contributed by atoms with Crippen molar-refractivity contribution >= 4 is 15.4 Å². The van der Waals surface area contributed by atoms with Crippen molar-refractivity contribution in [2.24, 2.45) is 0 Å². The summed E-state index contributed by atoms with van der Waals surface area (Å²) in [6, 6.07) is 7.13. The molecule has 0 spiro atoms. The molecule has 144 valence electrons. The van der Waals surface area contributed by atoms with Crippen LogP contribution >= 0.6 is 15.4 Å². The van der Waals surface area contributed by atoms with E-state index in [2.05, 4.69) is 0 Å². The number of aryl methyl sites for hydroxylation is 1. The molecule has 1 unspecified atom stereocenters. The van der Waals surface area contributed by atoms with E-state index in [0.717, 1.165) is 5.56 Å². The fraction of sp³-hybridized carbons (Fsp3) is 0.625. The molecule has 1 aromatic rings. The summed E-state index contributed by atoms with van der Waals surface area (Å²) in [6.07, 6.45) is 0. The first-order valence-electron chi connectivity index (χ1n) is 8.37. The Hall–Kier alpha value is -0.520. The third kappa shape index (κ3) is 6.61. The lowest BCUT2D eigenvalue weighted by Crippen LogP contribution is -2.12. The van der Waals surface area contributed by atoms with Gasteiger partial charge in [0.15, 0.2) is 5.85 Å². The van der Waals surface area contributed by atoms with Crippen LogP contribution in [0, 0.1) is 6.92 Å². The third-order valence-electron chi connectivity index (χ3n) is 3.07. The molecule has 0 radical (unpaired) electrons. The van der Waals surface area contributed by atoms with Gasteiger partial charge in [0.1, 0.15) is 0 Å². The van der Waals surface area contributed by atoms with Gasteiger partial charge in [-0.3, -0.25) is 18.1 Å². The van der Waals surface area contributed by atoms with Gasteiger partial charge in [-0.15, -0.1) is 0 Å². The van der Waals surface area contributed by atoms with Gasteiger partial charge in [0, 0.05) is 0 Å². The summed E-state index contributed by atoms with van der Waals surface area (Å²) in [5, 5.41) is 0. The van der Waals surface area contributed by atoms with Crippen LogP contribution in [0.15, 0.2) is 24.3 Å². The van der Waals surface area contributed by atoms with Crippen molar-refractivity contribution in [2.75, 3.05) is 26.4 Å². The maximum Gasteiger partial charge on any atom is 0.475 e. The highest BCUT2D eigenvalue weighted by atomic mass is 31.2. The minimum absolute atomic E-state index is 0.117. The Morgan fingerprint density at radius 3 is 1.64 bits per heavy atom. The largest absolute Gasteiger partial charge is 0.475 e. The molecule has 0 aliphatic carbocycles. The van der Waals surface area contributed by atoms with E-state index in [4.69, 9.17) is 22.6 Å². The van der Waals surface area contributed by atoms with Crippen LogP contribution < -0.4 is 0 Å².